The molecular formula is C12H17F3N2O2S. The number of aryl methyl sites for hydroxylation is 1. The standard InChI is InChI=1S/C12H17F3N2O2S/c1-3-17(8-12(13,14)15)20(18,19)11-5-4-10(7-16)9(2)6-11/h4-6H,3,7-8,16H2,1-2H3. The SMILES string of the molecule is CCN(CC(F)(F)F)S(=O)(=O)c1ccc(CN)c(C)c1. The van der Waals surface area contributed by atoms with Crippen molar-refractivity contribution >= 4 is 10.0 Å². The van der Waals surface area contributed by atoms with Crippen molar-refractivity contribution in [2.75, 3.05) is 13.1 Å². The predicted molar refractivity (Wildman–Crippen MR) is 69.6 cm³/mol. The van der Waals surface area contributed by atoms with Gasteiger partial charge in [-0.25, -0.2) is 8.42 Å². The van der Waals surface area contributed by atoms with Gasteiger partial charge in [0.15, 0.2) is 0 Å². The number of halogens is 3. The molecular weight excluding hydrogens is 293 g/mol. The van der Waals surface area contributed by atoms with E-state index in [1.807, 2.05) is 0 Å². The third kappa shape index (κ3) is 3.94. The fraction of sp³-hybridized carbons (Fsp3) is 0.500. The molecule has 4 nitrogen and oxygen atoms in total. The van der Waals surface area contributed by atoms with Crippen LogP contribution >= 0.6 is 0 Å². The van der Waals surface area contributed by atoms with Gasteiger partial charge in [-0.1, -0.05) is 13.0 Å². The minimum absolute atomic E-state index is 0.154. The normalized spacial score (nSPS) is 12.9. The first-order chi connectivity index (χ1) is 9.11. The molecule has 1 rings (SSSR count). The van der Waals surface area contributed by atoms with Gasteiger partial charge in [0.1, 0.15) is 6.54 Å². The van der Waals surface area contributed by atoms with Crippen molar-refractivity contribution in [3.8, 4) is 0 Å². The van der Waals surface area contributed by atoms with Crippen molar-refractivity contribution in [1.29, 1.82) is 0 Å². The summed E-state index contributed by atoms with van der Waals surface area (Å²) in [7, 11) is -4.16. The Bertz CT molecular complexity index is 571. The van der Waals surface area contributed by atoms with Crippen LogP contribution in [0.3, 0.4) is 0 Å². The fourth-order valence-corrected chi connectivity index (χ4v) is 3.29. The monoisotopic (exact) mass is 310 g/mol. The molecule has 0 bridgehead atoms. The first-order valence-electron chi connectivity index (χ1n) is 5.98. The summed E-state index contributed by atoms with van der Waals surface area (Å²) in [6.07, 6.45) is -4.57. The lowest BCUT2D eigenvalue weighted by Gasteiger charge is -2.22. The molecule has 0 spiro atoms. The van der Waals surface area contributed by atoms with Crippen molar-refractivity contribution in [3.05, 3.63) is 29.3 Å². The molecule has 0 heterocycles. The van der Waals surface area contributed by atoms with Crippen LogP contribution in [0.5, 0.6) is 0 Å². The molecule has 0 unspecified atom stereocenters. The highest BCUT2D eigenvalue weighted by Crippen LogP contribution is 2.23. The van der Waals surface area contributed by atoms with Gasteiger partial charge in [-0.3, -0.25) is 0 Å². The molecule has 0 saturated carbocycles. The molecule has 2 N–H and O–H groups in total. The summed E-state index contributed by atoms with van der Waals surface area (Å²) in [4.78, 5) is -0.154. The van der Waals surface area contributed by atoms with Gasteiger partial charge < -0.3 is 5.73 Å². The zero-order chi connectivity index (χ0) is 15.6. The minimum Gasteiger partial charge on any atom is -0.326 e. The molecule has 0 aromatic heterocycles. The summed E-state index contributed by atoms with van der Waals surface area (Å²) >= 11 is 0. The number of hydrogen-bond donors (Lipinski definition) is 1. The maximum absolute atomic E-state index is 12.4. The second-order valence-corrected chi connectivity index (χ2v) is 6.28. The molecule has 1 aromatic rings. The number of benzene rings is 1. The maximum atomic E-state index is 12.4. The maximum Gasteiger partial charge on any atom is 0.402 e. The van der Waals surface area contributed by atoms with E-state index in [9.17, 15) is 21.6 Å². The van der Waals surface area contributed by atoms with E-state index in [1.165, 1.54) is 25.1 Å². The summed E-state index contributed by atoms with van der Waals surface area (Å²) < 4.78 is 62.0. The van der Waals surface area contributed by atoms with E-state index < -0.39 is 22.7 Å². The minimum atomic E-state index is -4.57. The Balaban J connectivity index is 3.17. The highest BCUT2D eigenvalue weighted by Gasteiger charge is 2.36. The van der Waals surface area contributed by atoms with E-state index in [0.29, 0.717) is 9.87 Å². The molecule has 1 aromatic carbocycles. The Labute approximate surface area is 116 Å². The number of alkyl halides is 3. The highest BCUT2D eigenvalue weighted by atomic mass is 32.2. The molecule has 8 heteroatoms. The van der Waals surface area contributed by atoms with Crippen molar-refractivity contribution in [2.24, 2.45) is 5.73 Å². The summed E-state index contributed by atoms with van der Waals surface area (Å²) in [5, 5.41) is 0. The quantitative estimate of drug-likeness (QED) is 0.905. The van der Waals surface area contributed by atoms with Gasteiger partial charge in [-0.05, 0) is 30.2 Å². The van der Waals surface area contributed by atoms with Gasteiger partial charge in [-0.2, -0.15) is 17.5 Å². The van der Waals surface area contributed by atoms with Crippen molar-refractivity contribution in [1.82, 2.24) is 4.31 Å². The van der Waals surface area contributed by atoms with E-state index in [-0.39, 0.29) is 18.0 Å². The number of nitrogens with zero attached hydrogens (tertiary/aromatic N) is 1. The molecule has 0 fully saturated rings. The van der Waals surface area contributed by atoms with E-state index in [1.54, 1.807) is 6.92 Å². The molecule has 0 aliphatic heterocycles. The largest absolute Gasteiger partial charge is 0.402 e. The van der Waals surface area contributed by atoms with Gasteiger partial charge in [0, 0.05) is 13.1 Å². The third-order valence-electron chi connectivity index (χ3n) is 2.88. The first-order valence-corrected chi connectivity index (χ1v) is 7.42. The van der Waals surface area contributed by atoms with E-state index in [0.717, 1.165) is 5.56 Å². The molecule has 114 valence electrons. The Hall–Kier alpha value is -1.12. The lowest BCUT2D eigenvalue weighted by atomic mass is 10.1. The smallest absolute Gasteiger partial charge is 0.326 e. The molecule has 20 heavy (non-hydrogen) atoms. The number of rotatable bonds is 5. The van der Waals surface area contributed by atoms with Crippen LogP contribution in [-0.4, -0.2) is 32.0 Å². The van der Waals surface area contributed by atoms with Crippen LogP contribution in [0.1, 0.15) is 18.1 Å². The van der Waals surface area contributed by atoms with Crippen LogP contribution in [0.25, 0.3) is 0 Å². The summed E-state index contributed by atoms with van der Waals surface area (Å²) in [6.45, 7) is 1.53. The zero-order valence-electron chi connectivity index (χ0n) is 11.2. The highest BCUT2D eigenvalue weighted by molar-refractivity contribution is 7.89. The van der Waals surface area contributed by atoms with Crippen LogP contribution in [0.15, 0.2) is 23.1 Å². The summed E-state index contributed by atoms with van der Waals surface area (Å²) in [6, 6.07) is 4.14. The topological polar surface area (TPSA) is 63.4 Å². The molecule has 0 atom stereocenters. The second-order valence-electron chi connectivity index (χ2n) is 4.34. The molecule has 0 aliphatic rings. The van der Waals surface area contributed by atoms with Crippen LogP contribution in [0, 0.1) is 6.92 Å². The Morgan fingerprint density at radius 2 is 1.90 bits per heavy atom. The van der Waals surface area contributed by atoms with Gasteiger partial charge in [-0.15, -0.1) is 0 Å². The fourth-order valence-electron chi connectivity index (χ4n) is 1.77. The molecule has 0 aliphatic carbocycles. The van der Waals surface area contributed by atoms with Crippen molar-refractivity contribution in [2.45, 2.75) is 31.5 Å². The zero-order valence-corrected chi connectivity index (χ0v) is 12.1. The predicted octanol–water partition coefficient (Wildman–Crippen LogP) is 2.03. The van der Waals surface area contributed by atoms with Gasteiger partial charge in [0.2, 0.25) is 10.0 Å². The lowest BCUT2D eigenvalue weighted by Crippen LogP contribution is -2.38. The number of sulfonamides is 1. The Morgan fingerprint density at radius 3 is 2.30 bits per heavy atom. The molecule has 0 amide bonds. The average Bonchev–Trinajstić information content (AvgIpc) is 2.34. The first kappa shape index (κ1) is 16.9. The van der Waals surface area contributed by atoms with Gasteiger partial charge in [0.25, 0.3) is 0 Å². The molecule has 0 saturated heterocycles. The third-order valence-corrected chi connectivity index (χ3v) is 4.80. The van der Waals surface area contributed by atoms with Crippen LogP contribution in [0.4, 0.5) is 13.2 Å². The van der Waals surface area contributed by atoms with Gasteiger partial charge in [0.05, 0.1) is 4.90 Å². The summed E-state index contributed by atoms with van der Waals surface area (Å²) in [5.74, 6) is 0. The van der Waals surface area contributed by atoms with Crippen LogP contribution in [0.2, 0.25) is 0 Å². The summed E-state index contributed by atoms with van der Waals surface area (Å²) in [5.41, 5.74) is 6.86. The second kappa shape index (κ2) is 6.11. The number of nitrogens with two attached hydrogens (primary N) is 1. The van der Waals surface area contributed by atoms with Crippen LogP contribution in [-0.2, 0) is 16.6 Å². The molecule has 0 radical (unpaired) electrons. The number of hydrogen-bond acceptors (Lipinski definition) is 3. The lowest BCUT2D eigenvalue weighted by molar-refractivity contribution is -0.135. The van der Waals surface area contributed by atoms with Crippen molar-refractivity contribution < 1.29 is 21.6 Å². The van der Waals surface area contributed by atoms with Gasteiger partial charge >= 0.3 is 6.18 Å². The van der Waals surface area contributed by atoms with E-state index in [4.69, 9.17) is 5.73 Å². The van der Waals surface area contributed by atoms with E-state index in [2.05, 4.69) is 0 Å². The Morgan fingerprint density at radius 1 is 1.30 bits per heavy atom. The average molecular weight is 310 g/mol. The Kier molecular flexibility index (Phi) is 5.17. The van der Waals surface area contributed by atoms with E-state index >= 15 is 0 Å². The van der Waals surface area contributed by atoms with Crippen molar-refractivity contribution in [3.63, 3.8) is 0 Å². The van der Waals surface area contributed by atoms with Crippen LogP contribution < -0.4 is 5.73 Å².